The second-order valence-electron chi connectivity index (χ2n) is 7.92. The van der Waals surface area contributed by atoms with Gasteiger partial charge < -0.3 is 19.5 Å². The molecule has 0 amide bonds. The molecule has 0 aliphatic carbocycles. The molecule has 0 aliphatic rings. The molecule has 0 fully saturated rings. The number of rotatable bonds is 6. The van der Waals surface area contributed by atoms with Gasteiger partial charge in [0.15, 0.2) is 11.5 Å². The first-order valence-electron chi connectivity index (χ1n) is 9.48. The van der Waals surface area contributed by atoms with Crippen molar-refractivity contribution < 1.29 is 14.2 Å². The number of hydrogen-bond donors (Lipinski definition) is 1. The third-order valence-corrected chi connectivity index (χ3v) is 5.61. The van der Waals surface area contributed by atoms with Gasteiger partial charge >= 0.3 is 0 Å². The fraction of sp³-hybridized carbons (Fsp3) is 0.409. The van der Waals surface area contributed by atoms with Gasteiger partial charge in [0.05, 0.1) is 26.7 Å². The molecule has 3 rings (SSSR count). The van der Waals surface area contributed by atoms with Crippen LogP contribution in [-0.4, -0.2) is 36.8 Å². The van der Waals surface area contributed by atoms with Gasteiger partial charge in [0, 0.05) is 12.0 Å². The van der Waals surface area contributed by atoms with E-state index >= 15 is 0 Å². The van der Waals surface area contributed by atoms with Crippen molar-refractivity contribution in [2.45, 2.75) is 39.7 Å². The van der Waals surface area contributed by atoms with E-state index in [1.54, 1.807) is 21.3 Å². The number of nitriles is 1. The second-order valence-corrected chi connectivity index (χ2v) is 8.92. The van der Waals surface area contributed by atoms with Gasteiger partial charge in [0.25, 0.3) is 0 Å². The molecule has 0 bridgehead atoms. The van der Waals surface area contributed by atoms with Crippen molar-refractivity contribution in [1.82, 2.24) is 9.97 Å². The Morgan fingerprint density at radius 3 is 2.20 bits per heavy atom. The number of aromatic nitrogens is 2. The molecule has 0 radical (unpaired) electrons. The zero-order valence-electron chi connectivity index (χ0n) is 18.3. The van der Waals surface area contributed by atoms with Gasteiger partial charge in [-0.05, 0) is 51.0 Å². The molecule has 3 aromatic rings. The fourth-order valence-corrected chi connectivity index (χ4v) is 4.23. The summed E-state index contributed by atoms with van der Waals surface area (Å²) in [4.78, 5) is 11.0. The Balaban J connectivity index is 2.12. The van der Waals surface area contributed by atoms with Gasteiger partial charge in [-0.15, -0.1) is 11.3 Å². The fourth-order valence-electron chi connectivity index (χ4n) is 3.23. The molecule has 7 nitrogen and oxygen atoms in total. The number of hydrogen-bond acceptors (Lipinski definition) is 8. The highest BCUT2D eigenvalue weighted by molar-refractivity contribution is 7.19. The van der Waals surface area contributed by atoms with Crippen molar-refractivity contribution in [3.8, 4) is 23.3 Å². The summed E-state index contributed by atoms with van der Waals surface area (Å²) in [6.45, 7) is 8.17. The normalized spacial score (nSPS) is 11.3. The van der Waals surface area contributed by atoms with Gasteiger partial charge in [0.2, 0.25) is 5.75 Å². The van der Waals surface area contributed by atoms with E-state index in [4.69, 9.17) is 24.2 Å². The average molecular weight is 427 g/mol. The zero-order valence-corrected chi connectivity index (χ0v) is 19.2. The first-order chi connectivity index (χ1) is 14.2. The summed E-state index contributed by atoms with van der Waals surface area (Å²) in [6, 6.07) is 6.05. The second kappa shape index (κ2) is 8.36. The first kappa shape index (κ1) is 21.7. The lowest BCUT2D eigenvalue weighted by Gasteiger charge is -2.22. The Morgan fingerprint density at radius 2 is 1.70 bits per heavy atom. The maximum Gasteiger partial charge on any atom is 0.203 e. The molecule has 0 saturated carbocycles. The molecule has 1 N–H and O–H groups in total. The summed E-state index contributed by atoms with van der Waals surface area (Å²) >= 11 is 1.39. The molecule has 2 heterocycles. The van der Waals surface area contributed by atoms with Crippen LogP contribution >= 0.6 is 11.3 Å². The molecule has 1 aromatic carbocycles. The van der Waals surface area contributed by atoms with E-state index in [1.165, 1.54) is 11.3 Å². The highest BCUT2D eigenvalue weighted by Gasteiger charge is 2.21. The highest BCUT2D eigenvalue weighted by Crippen LogP contribution is 2.39. The Hall–Kier alpha value is -3.05. The van der Waals surface area contributed by atoms with E-state index in [1.807, 2.05) is 19.1 Å². The molecule has 0 spiro atoms. The van der Waals surface area contributed by atoms with Crippen molar-refractivity contribution in [3.63, 3.8) is 0 Å². The maximum absolute atomic E-state index is 9.46. The van der Waals surface area contributed by atoms with E-state index in [9.17, 15) is 5.26 Å². The number of ether oxygens (including phenoxy) is 3. The van der Waals surface area contributed by atoms with Crippen LogP contribution in [0.25, 0.3) is 10.2 Å². The summed E-state index contributed by atoms with van der Waals surface area (Å²) in [5, 5.41) is 13.8. The quantitative estimate of drug-likeness (QED) is 0.611. The minimum absolute atomic E-state index is 0.188. The smallest absolute Gasteiger partial charge is 0.203 e. The number of thiophene rings is 1. The molecule has 8 heteroatoms. The van der Waals surface area contributed by atoms with Gasteiger partial charge in [0.1, 0.15) is 27.4 Å². The molecular weight excluding hydrogens is 400 g/mol. The zero-order chi connectivity index (χ0) is 22.1. The minimum Gasteiger partial charge on any atom is -0.493 e. The van der Waals surface area contributed by atoms with Gasteiger partial charge in [-0.2, -0.15) is 5.26 Å². The van der Waals surface area contributed by atoms with Gasteiger partial charge in [-0.1, -0.05) is 0 Å². The predicted molar refractivity (Wildman–Crippen MR) is 119 cm³/mol. The van der Waals surface area contributed by atoms with Crippen LogP contribution in [0.3, 0.4) is 0 Å². The van der Waals surface area contributed by atoms with Crippen molar-refractivity contribution in [2.75, 3.05) is 26.6 Å². The largest absolute Gasteiger partial charge is 0.493 e. The molecular formula is C22H26N4O3S. The van der Waals surface area contributed by atoms with Crippen LogP contribution in [-0.2, 0) is 6.42 Å². The van der Waals surface area contributed by atoms with Crippen LogP contribution in [0.1, 0.15) is 42.6 Å². The van der Waals surface area contributed by atoms with Crippen LogP contribution in [0, 0.1) is 18.3 Å². The summed E-state index contributed by atoms with van der Waals surface area (Å²) < 4.78 is 16.3. The van der Waals surface area contributed by atoms with Crippen LogP contribution < -0.4 is 19.5 Å². The van der Waals surface area contributed by atoms with Crippen LogP contribution in [0.4, 0.5) is 5.82 Å². The monoisotopic (exact) mass is 426 g/mol. The van der Waals surface area contributed by atoms with Crippen molar-refractivity contribution in [1.29, 1.82) is 5.26 Å². The minimum atomic E-state index is -0.188. The number of anilines is 1. The third kappa shape index (κ3) is 4.26. The van der Waals surface area contributed by atoms with Crippen molar-refractivity contribution >= 4 is 27.4 Å². The molecule has 158 valence electrons. The predicted octanol–water partition coefficient (Wildman–Crippen LogP) is 4.70. The highest BCUT2D eigenvalue weighted by atomic mass is 32.1. The maximum atomic E-state index is 9.46. The van der Waals surface area contributed by atoms with E-state index in [0.717, 1.165) is 27.2 Å². The van der Waals surface area contributed by atoms with E-state index in [0.29, 0.717) is 34.4 Å². The Labute approximate surface area is 180 Å². The van der Waals surface area contributed by atoms with Gasteiger partial charge in [-0.25, -0.2) is 9.97 Å². The standard InChI is InChI=1S/C22H26N4O3S/c1-12-16(11-23)30-21-18(12)20(26-22(2,3)4)24-17(25-21)10-13-8-14(27-5)19(29-7)15(9-13)28-6/h8-9H,10H2,1-7H3,(H,24,25,26). The average Bonchev–Trinajstić information content (AvgIpc) is 3.01. The molecule has 30 heavy (non-hydrogen) atoms. The Bertz CT molecular complexity index is 1100. The Kier molecular flexibility index (Phi) is 6.04. The number of fused-ring (bicyclic) bond motifs is 1. The van der Waals surface area contributed by atoms with Gasteiger partial charge in [-0.3, -0.25) is 0 Å². The summed E-state index contributed by atoms with van der Waals surface area (Å²) in [6.07, 6.45) is 0.476. The van der Waals surface area contributed by atoms with E-state index < -0.39 is 0 Å². The van der Waals surface area contributed by atoms with E-state index in [-0.39, 0.29) is 5.54 Å². The first-order valence-corrected chi connectivity index (χ1v) is 10.3. The lowest BCUT2D eigenvalue weighted by atomic mass is 10.1. The lowest BCUT2D eigenvalue weighted by Crippen LogP contribution is -2.27. The molecule has 2 aromatic heterocycles. The topological polar surface area (TPSA) is 89.3 Å². The lowest BCUT2D eigenvalue weighted by molar-refractivity contribution is 0.324. The Morgan fingerprint density at radius 1 is 1.07 bits per heavy atom. The molecule has 0 unspecified atom stereocenters. The SMILES string of the molecule is COc1cc(Cc2nc(NC(C)(C)C)c3c(C)c(C#N)sc3n2)cc(OC)c1OC. The van der Waals surface area contributed by atoms with Crippen LogP contribution in [0.5, 0.6) is 17.2 Å². The summed E-state index contributed by atoms with van der Waals surface area (Å²) in [7, 11) is 4.76. The van der Waals surface area contributed by atoms with Crippen LogP contribution in [0.2, 0.25) is 0 Å². The number of nitrogens with zero attached hydrogens (tertiary/aromatic N) is 3. The molecule has 0 saturated heterocycles. The molecule has 0 aliphatic heterocycles. The number of methoxy groups -OCH3 is 3. The third-order valence-electron chi connectivity index (χ3n) is 4.52. The van der Waals surface area contributed by atoms with Crippen molar-refractivity contribution in [3.05, 3.63) is 34.0 Å². The molecule has 0 atom stereocenters. The summed E-state index contributed by atoms with van der Waals surface area (Å²) in [5.41, 5.74) is 1.65. The number of benzene rings is 1. The van der Waals surface area contributed by atoms with E-state index in [2.05, 4.69) is 32.2 Å². The number of nitrogens with one attached hydrogen (secondary N) is 1. The summed E-state index contributed by atoms with van der Waals surface area (Å²) in [5.74, 6) is 3.10. The van der Waals surface area contributed by atoms with Crippen molar-refractivity contribution in [2.24, 2.45) is 0 Å². The number of aryl methyl sites for hydroxylation is 1. The van der Waals surface area contributed by atoms with Crippen LogP contribution in [0.15, 0.2) is 12.1 Å².